The molecule has 0 bridgehead atoms. The molecule has 4 fully saturated rings. The zero-order valence-electron chi connectivity index (χ0n) is 31.4. The van der Waals surface area contributed by atoms with Crippen molar-refractivity contribution in [2.75, 3.05) is 52.4 Å². The molecule has 10 heterocycles. The number of amides is 4. The van der Waals surface area contributed by atoms with Gasteiger partial charge in [-0.3, -0.25) is 8.80 Å². The van der Waals surface area contributed by atoms with Crippen LogP contribution in [0, 0.1) is 34.5 Å². The van der Waals surface area contributed by atoms with Crippen LogP contribution in [0.3, 0.4) is 0 Å². The molecule has 4 aliphatic rings. The first-order chi connectivity index (χ1) is 27.5. The first kappa shape index (κ1) is 35.5. The van der Waals surface area contributed by atoms with Crippen LogP contribution in [0.4, 0.5) is 9.59 Å². The van der Waals surface area contributed by atoms with E-state index in [1.54, 1.807) is 0 Å². The highest BCUT2D eigenvalue weighted by Crippen LogP contribution is 2.31. The maximum absolute atomic E-state index is 13.1. The molecule has 6 aromatic heterocycles. The molecule has 288 valence electrons. The number of nitrogens with one attached hydrogen (secondary N) is 2. The van der Waals surface area contributed by atoms with Crippen molar-refractivity contribution < 1.29 is 9.59 Å². The lowest BCUT2D eigenvalue weighted by Crippen LogP contribution is -2.50. The lowest BCUT2D eigenvalue weighted by molar-refractivity contribution is 0.122. The number of imidazole rings is 2. The molecule has 2 N–H and O–H groups in total. The zero-order valence-corrected chi connectivity index (χ0v) is 31.4. The molecule has 10 rings (SSSR count). The van der Waals surface area contributed by atoms with Crippen molar-refractivity contribution in [2.24, 2.45) is 11.8 Å². The Hall–Kier alpha value is -6.16. The van der Waals surface area contributed by atoms with Crippen LogP contribution in [0.15, 0.2) is 49.3 Å². The third kappa shape index (κ3) is 6.63. The van der Waals surface area contributed by atoms with E-state index in [4.69, 9.17) is 9.97 Å². The number of carbonyl (C=O) groups is 2. The summed E-state index contributed by atoms with van der Waals surface area (Å²) < 4.78 is 4.31. The van der Waals surface area contributed by atoms with Crippen molar-refractivity contribution in [3.8, 4) is 12.1 Å². The van der Waals surface area contributed by atoms with Gasteiger partial charge in [-0.2, -0.15) is 10.5 Å². The molecule has 0 aliphatic carbocycles. The number of urea groups is 2. The number of hydrogen-bond acceptors (Lipinski definition) is 8. The predicted octanol–water partition coefficient (Wildman–Crippen LogP) is 5.49. The summed E-state index contributed by atoms with van der Waals surface area (Å²) in [6.45, 7) is 5.48. The van der Waals surface area contributed by atoms with E-state index in [1.165, 1.54) is 0 Å². The Labute approximate surface area is 323 Å². The van der Waals surface area contributed by atoms with E-state index >= 15 is 0 Å². The number of fused-ring (bicyclic) bond motifs is 6. The van der Waals surface area contributed by atoms with Gasteiger partial charge >= 0.3 is 12.1 Å². The first-order valence-corrected chi connectivity index (χ1v) is 19.9. The summed E-state index contributed by atoms with van der Waals surface area (Å²) in [7, 11) is 0. The molecule has 4 aliphatic heterocycles. The SMILES string of the molecule is N#C[C@@H]1CCCN(C(=O)N2CCC[C@@H](c3ncc4cnc5[nH]ccc5n34)C2)C1.N#C[C@H]1CCCN(C(=O)N2CCC[C@@H](c3ncc4cnc5[nH]ccc5n34)C2)C1. The second-order valence-electron chi connectivity index (χ2n) is 15.7. The second kappa shape index (κ2) is 15.2. The van der Waals surface area contributed by atoms with Crippen molar-refractivity contribution in [3.05, 3.63) is 61.0 Å². The van der Waals surface area contributed by atoms with Gasteiger partial charge in [0.2, 0.25) is 0 Å². The van der Waals surface area contributed by atoms with E-state index in [0.29, 0.717) is 26.2 Å². The van der Waals surface area contributed by atoms with Crippen molar-refractivity contribution in [2.45, 2.75) is 63.2 Å². The van der Waals surface area contributed by atoms with Crippen LogP contribution in [0.5, 0.6) is 0 Å². The predicted molar refractivity (Wildman–Crippen MR) is 207 cm³/mol. The fraction of sp³-hybridized carbons (Fsp3) is 0.500. The van der Waals surface area contributed by atoms with E-state index < -0.39 is 0 Å². The molecule has 4 atom stereocenters. The number of carbonyl (C=O) groups excluding carboxylic acids is 2. The van der Waals surface area contributed by atoms with E-state index in [1.807, 2.05) is 68.9 Å². The minimum atomic E-state index is -0.0381. The maximum atomic E-state index is 13.1. The van der Waals surface area contributed by atoms with Gasteiger partial charge in [0.05, 0.1) is 70.8 Å². The standard InChI is InChI=1S/2C20H23N7O/c2*21-9-14-3-1-7-25(12-14)20(28)26-8-2-4-15(13-26)19-24-11-16-10-23-18-17(27(16)19)5-6-22-18/h2*5-6,10-11,14-15,22H,1-4,7-8,12-13H2/t14-,15+;14-,15-/m01/s1. The minimum absolute atomic E-state index is 0.0381. The molecular formula is C40H46N14O2. The fourth-order valence-electron chi connectivity index (χ4n) is 9.21. The Morgan fingerprint density at radius 1 is 0.571 bits per heavy atom. The largest absolute Gasteiger partial charge is 0.345 e. The molecule has 0 radical (unpaired) electrons. The summed E-state index contributed by atoms with van der Waals surface area (Å²) in [6.07, 6.45) is 18.7. The lowest BCUT2D eigenvalue weighted by atomic mass is 9.96. The van der Waals surface area contributed by atoms with Gasteiger partial charge in [0.25, 0.3) is 0 Å². The van der Waals surface area contributed by atoms with E-state index in [-0.39, 0.29) is 35.7 Å². The van der Waals surface area contributed by atoms with Gasteiger partial charge in [-0.1, -0.05) is 0 Å². The van der Waals surface area contributed by atoms with Gasteiger partial charge in [-0.05, 0) is 63.5 Å². The lowest BCUT2D eigenvalue weighted by Gasteiger charge is -2.38. The number of H-pyrrole nitrogens is 2. The second-order valence-corrected chi connectivity index (χ2v) is 15.7. The van der Waals surface area contributed by atoms with Crippen LogP contribution in [-0.4, -0.2) is 123 Å². The molecule has 0 aromatic carbocycles. The monoisotopic (exact) mass is 754 g/mol. The zero-order chi connectivity index (χ0) is 38.2. The molecule has 56 heavy (non-hydrogen) atoms. The summed E-state index contributed by atoms with van der Waals surface area (Å²) in [5.74, 6) is 2.29. The quantitative estimate of drug-likeness (QED) is 0.232. The third-order valence-corrected chi connectivity index (χ3v) is 12.0. The molecule has 4 amide bonds. The summed E-state index contributed by atoms with van der Waals surface area (Å²) >= 11 is 0. The van der Waals surface area contributed by atoms with Crippen molar-refractivity contribution in [1.82, 2.24) is 58.3 Å². The Kier molecular flexibility index (Phi) is 9.63. The number of nitriles is 2. The maximum Gasteiger partial charge on any atom is 0.320 e. The smallest absolute Gasteiger partial charge is 0.320 e. The van der Waals surface area contributed by atoms with Crippen molar-refractivity contribution in [3.63, 3.8) is 0 Å². The summed E-state index contributed by atoms with van der Waals surface area (Å²) in [5, 5.41) is 18.4. The molecule has 0 saturated carbocycles. The Morgan fingerprint density at radius 2 is 0.964 bits per heavy atom. The van der Waals surface area contributed by atoms with Gasteiger partial charge in [0.1, 0.15) is 11.6 Å². The molecule has 16 nitrogen and oxygen atoms in total. The highest BCUT2D eigenvalue weighted by atomic mass is 16.2. The normalized spacial score (nSPS) is 23.2. The van der Waals surface area contributed by atoms with Crippen LogP contribution in [0.1, 0.15) is 74.9 Å². The number of rotatable bonds is 2. The van der Waals surface area contributed by atoms with Gasteiger partial charge in [-0.15, -0.1) is 0 Å². The number of hydrogen-bond donors (Lipinski definition) is 2. The van der Waals surface area contributed by atoms with E-state index in [9.17, 15) is 20.1 Å². The van der Waals surface area contributed by atoms with Crippen LogP contribution in [0.25, 0.3) is 33.4 Å². The van der Waals surface area contributed by atoms with Crippen LogP contribution < -0.4 is 0 Å². The molecule has 0 unspecified atom stereocenters. The number of aromatic amines is 2. The van der Waals surface area contributed by atoms with Gasteiger partial charge in [0, 0.05) is 76.6 Å². The number of aromatic nitrogens is 8. The minimum Gasteiger partial charge on any atom is -0.345 e. The topological polar surface area (TPSA) is 187 Å². The van der Waals surface area contributed by atoms with Crippen LogP contribution in [0.2, 0.25) is 0 Å². The Balaban J connectivity index is 0.000000146. The summed E-state index contributed by atoms with van der Waals surface area (Å²) in [4.78, 5) is 58.3. The van der Waals surface area contributed by atoms with Crippen LogP contribution >= 0.6 is 0 Å². The van der Waals surface area contributed by atoms with E-state index in [2.05, 4.69) is 40.9 Å². The van der Waals surface area contributed by atoms with Crippen molar-refractivity contribution >= 4 is 45.4 Å². The molecule has 4 saturated heterocycles. The number of piperidine rings is 4. The summed E-state index contributed by atoms with van der Waals surface area (Å²) in [5.41, 5.74) is 5.65. The first-order valence-electron chi connectivity index (χ1n) is 19.9. The van der Waals surface area contributed by atoms with Gasteiger partial charge in [-0.25, -0.2) is 29.5 Å². The third-order valence-electron chi connectivity index (χ3n) is 12.0. The average molecular weight is 755 g/mol. The average Bonchev–Trinajstić information content (AvgIpc) is 4.09. The Morgan fingerprint density at radius 3 is 1.39 bits per heavy atom. The Bertz CT molecular complexity index is 2290. The fourth-order valence-corrected chi connectivity index (χ4v) is 9.21. The number of likely N-dealkylation sites (tertiary alicyclic amines) is 4. The molecular weight excluding hydrogens is 709 g/mol. The highest BCUT2D eigenvalue weighted by molar-refractivity contribution is 5.77. The van der Waals surface area contributed by atoms with Crippen LogP contribution in [-0.2, 0) is 0 Å². The molecule has 6 aromatic rings. The van der Waals surface area contributed by atoms with Gasteiger partial charge < -0.3 is 29.6 Å². The van der Waals surface area contributed by atoms with Crippen molar-refractivity contribution in [1.29, 1.82) is 10.5 Å². The van der Waals surface area contributed by atoms with E-state index in [0.717, 1.165) is 123 Å². The van der Waals surface area contributed by atoms with Gasteiger partial charge in [0.15, 0.2) is 11.3 Å². The molecule has 0 spiro atoms. The number of nitrogens with zero attached hydrogens (tertiary/aromatic N) is 12. The molecule has 16 heteroatoms. The summed E-state index contributed by atoms with van der Waals surface area (Å²) in [6, 6.07) is 8.81. The highest BCUT2D eigenvalue weighted by Gasteiger charge is 2.34.